The van der Waals surface area contributed by atoms with Crippen LogP contribution in [0.2, 0.25) is 0 Å². The molecule has 0 aliphatic carbocycles. The summed E-state index contributed by atoms with van der Waals surface area (Å²) in [5.74, 6) is 5.47. The summed E-state index contributed by atoms with van der Waals surface area (Å²) in [6.07, 6.45) is 1.55. The third kappa shape index (κ3) is 2.45. The normalized spacial score (nSPS) is 9.20. The van der Waals surface area contributed by atoms with Gasteiger partial charge in [-0.25, -0.2) is 9.97 Å². The van der Waals surface area contributed by atoms with E-state index in [0.29, 0.717) is 0 Å². The molecule has 0 atom stereocenters. The molecule has 0 fully saturated rings. The number of halogens is 1. The van der Waals surface area contributed by atoms with E-state index in [1.165, 1.54) is 0 Å². The fraction of sp³-hybridized carbons (Fsp3) is 0.200. The van der Waals surface area contributed by atoms with Crippen molar-refractivity contribution in [3.63, 3.8) is 0 Å². The number of aryl methyl sites for hydroxylation is 1. The van der Waals surface area contributed by atoms with Crippen LogP contribution in [0, 0.1) is 18.8 Å². The minimum absolute atomic E-state index is 0. The zero-order chi connectivity index (χ0) is 9.97. The predicted molar refractivity (Wildman–Crippen MR) is 63.4 cm³/mol. The Morgan fingerprint density at radius 2 is 2.27 bits per heavy atom. The van der Waals surface area contributed by atoms with Crippen molar-refractivity contribution in [1.29, 1.82) is 0 Å². The fourth-order valence-electron chi connectivity index (χ4n) is 1.16. The zero-order valence-electron chi connectivity index (χ0n) is 8.02. The predicted octanol–water partition coefficient (Wildman–Crippen LogP) is 1.77. The van der Waals surface area contributed by atoms with Crippen LogP contribution in [0.1, 0.15) is 10.6 Å². The number of aromatic nitrogens is 2. The first-order valence-electron chi connectivity index (χ1n) is 4.12. The van der Waals surface area contributed by atoms with Crippen molar-refractivity contribution >= 4 is 34.0 Å². The van der Waals surface area contributed by atoms with Gasteiger partial charge in [0, 0.05) is 0 Å². The minimum Gasteiger partial charge on any atom is -0.384 e. The summed E-state index contributed by atoms with van der Waals surface area (Å²) in [7, 11) is 0. The molecule has 3 nitrogen and oxygen atoms in total. The molecular weight excluding hydrogens is 232 g/mol. The van der Waals surface area contributed by atoms with Gasteiger partial charge in [-0.2, -0.15) is 0 Å². The molecule has 0 bridgehead atoms. The zero-order valence-corrected chi connectivity index (χ0v) is 9.65. The third-order valence-corrected chi connectivity index (χ3v) is 2.93. The average Bonchev–Trinajstić information content (AvgIpc) is 2.59. The van der Waals surface area contributed by atoms with Crippen molar-refractivity contribution < 1.29 is 5.11 Å². The first-order chi connectivity index (χ1) is 6.81. The van der Waals surface area contributed by atoms with Crippen molar-refractivity contribution in [3.8, 4) is 11.8 Å². The summed E-state index contributed by atoms with van der Waals surface area (Å²) >= 11 is 1.55. The number of aliphatic hydroxyl groups is 1. The van der Waals surface area contributed by atoms with Crippen LogP contribution in [0.15, 0.2) is 12.4 Å². The molecule has 2 heterocycles. The summed E-state index contributed by atoms with van der Waals surface area (Å²) in [4.78, 5) is 9.16. The quantitative estimate of drug-likeness (QED) is 0.714. The summed E-state index contributed by atoms with van der Waals surface area (Å²) in [5, 5.41) is 8.56. The summed E-state index contributed by atoms with van der Waals surface area (Å²) in [6, 6.07) is 1.91. The molecule has 0 aliphatic heterocycles. The lowest BCUT2D eigenvalue weighted by molar-refractivity contribution is 0.350. The topological polar surface area (TPSA) is 46.0 Å². The monoisotopic (exact) mass is 240 g/mol. The largest absolute Gasteiger partial charge is 0.384 e. The van der Waals surface area contributed by atoms with Crippen molar-refractivity contribution in [3.05, 3.63) is 23.0 Å². The Kier molecular flexibility index (Phi) is 4.04. The van der Waals surface area contributed by atoms with Gasteiger partial charge >= 0.3 is 0 Å². The number of thiophene rings is 1. The van der Waals surface area contributed by atoms with Crippen molar-refractivity contribution in [2.45, 2.75) is 6.92 Å². The molecule has 0 saturated carbocycles. The summed E-state index contributed by atoms with van der Waals surface area (Å²) in [6.45, 7) is 1.84. The average molecular weight is 241 g/mol. The molecular formula is C10H9ClN2OS. The maximum atomic E-state index is 8.56. The molecule has 0 radical (unpaired) electrons. The van der Waals surface area contributed by atoms with Crippen LogP contribution in [0.25, 0.3) is 10.2 Å². The highest BCUT2D eigenvalue weighted by Gasteiger charge is 2.03. The molecule has 0 spiro atoms. The van der Waals surface area contributed by atoms with Crippen molar-refractivity contribution in [2.24, 2.45) is 0 Å². The Morgan fingerprint density at radius 3 is 2.93 bits per heavy atom. The molecule has 5 heteroatoms. The van der Waals surface area contributed by atoms with E-state index >= 15 is 0 Å². The second kappa shape index (κ2) is 5.08. The van der Waals surface area contributed by atoms with Gasteiger partial charge < -0.3 is 5.11 Å². The number of hydrogen-bond donors (Lipinski definition) is 1. The molecule has 2 rings (SSSR count). The van der Waals surface area contributed by atoms with Gasteiger partial charge in [-0.1, -0.05) is 11.8 Å². The van der Waals surface area contributed by atoms with Crippen LogP contribution in [0.4, 0.5) is 0 Å². The smallest absolute Gasteiger partial charge is 0.116 e. The van der Waals surface area contributed by atoms with Crippen LogP contribution in [-0.2, 0) is 0 Å². The number of nitrogens with zero attached hydrogens (tertiary/aromatic N) is 2. The van der Waals surface area contributed by atoms with E-state index in [9.17, 15) is 0 Å². The second-order valence-corrected chi connectivity index (χ2v) is 3.80. The number of aliphatic hydroxyl groups excluding tert-OH is 1. The van der Waals surface area contributed by atoms with E-state index in [4.69, 9.17) is 5.11 Å². The van der Waals surface area contributed by atoms with Gasteiger partial charge in [0.25, 0.3) is 0 Å². The van der Waals surface area contributed by atoms with E-state index in [1.54, 1.807) is 17.7 Å². The highest BCUT2D eigenvalue weighted by atomic mass is 35.5. The molecule has 0 aromatic carbocycles. The van der Waals surface area contributed by atoms with E-state index in [0.717, 1.165) is 20.8 Å². The van der Waals surface area contributed by atoms with E-state index in [1.807, 2.05) is 13.0 Å². The van der Waals surface area contributed by atoms with E-state index < -0.39 is 0 Å². The molecule has 2 aromatic heterocycles. The summed E-state index contributed by atoms with van der Waals surface area (Å²) < 4.78 is 1.06. The maximum Gasteiger partial charge on any atom is 0.116 e. The van der Waals surface area contributed by atoms with Gasteiger partial charge in [-0.15, -0.1) is 23.7 Å². The van der Waals surface area contributed by atoms with E-state index in [2.05, 4.69) is 21.8 Å². The highest BCUT2D eigenvalue weighted by Crippen LogP contribution is 2.24. The third-order valence-electron chi connectivity index (χ3n) is 1.78. The lowest BCUT2D eigenvalue weighted by Gasteiger charge is -1.89. The summed E-state index contributed by atoms with van der Waals surface area (Å²) in [5.41, 5.74) is 1.89. The number of hydrogen-bond acceptors (Lipinski definition) is 4. The van der Waals surface area contributed by atoms with Gasteiger partial charge in [-0.05, 0) is 13.0 Å². The van der Waals surface area contributed by atoms with Crippen LogP contribution in [-0.4, -0.2) is 21.7 Å². The van der Waals surface area contributed by atoms with Crippen molar-refractivity contribution in [1.82, 2.24) is 9.97 Å². The van der Waals surface area contributed by atoms with Gasteiger partial charge in [0.1, 0.15) is 12.9 Å². The van der Waals surface area contributed by atoms with Gasteiger partial charge in [0.2, 0.25) is 0 Å². The van der Waals surface area contributed by atoms with Crippen LogP contribution in [0.3, 0.4) is 0 Å². The second-order valence-electron chi connectivity index (χ2n) is 2.74. The number of fused-ring (bicyclic) bond motifs is 1. The fourth-order valence-corrected chi connectivity index (χ4v) is 2.09. The maximum absolute atomic E-state index is 8.56. The lowest BCUT2D eigenvalue weighted by Crippen LogP contribution is -1.80. The van der Waals surface area contributed by atoms with Gasteiger partial charge in [-0.3, -0.25) is 0 Å². The standard InChI is InChI=1S/C10H8N2OS.ClH/c1-7-10-9(12-6-11-7)5-8(14-10)3-2-4-13;/h5-6,13H,4H2,1H3;1H. The molecule has 2 aromatic rings. The molecule has 0 aliphatic rings. The molecule has 15 heavy (non-hydrogen) atoms. The Morgan fingerprint density at radius 1 is 1.47 bits per heavy atom. The van der Waals surface area contributed by atoms with Gasteiger partial charge in [0.05, 0.1) is 20.8 Å². The molecule has 0 saturated heterocycles. The highest BCUT2D eigenvalue weighted by molar-refractivity contribution is 7.19. The van der Waals surface area contributed by atoms with Crippen LogP contribution >= 0.6 is 23.7 Å². The van der Waals surface area contributed by atoms with Crippen LogP contribution < -0.4 is 0 Å². The van der Waals surface area contributed by atoms with E-state index in [-0.39, 0.29) is 19.0 Å². The Hall–Kier alpha value is -1.15. The molecule has 0 unspecified atom stereocenters. The lowest BCUT2D eigenvalue weighted by atomic mass is 10.3. The Bertz CT molecular complexity index is 527. The molecule has 0 amide bonds. The van der Waals surface area contributed by atoms with Crippen LogP contribution in [0.5, 0.6) is 0 Å². The first kappa shape index (κ1) is 11.9. The Balaban J connectivity index is 0.00000112. The van der Waals surface area contributed by atoms with Gasteiger partial charge in [0.15, 0.2) is 0 Å². The van der Waals surface area contributed by atoms with Crippen molar-refractivity contribution in [2.75, 3.05) is 6.61 Å². The molecule has 1 N–H and O–H groups in total. The Labute approximate surface area is 97.6 Å². The number of rotatable bonds is 0. The molecule has 78 valence electrons. The first-order valence-corrected chi connectivity index (χ1v) is 4.94. The minimum atomic E-state index is -0.112. The SMILES string of the molecule is Cc1ncnc2cc(C#CCO)sc12.Cl.